The van der Waals surface area contributed by atoms with Crippen LogP contribution >= 0.6 is 0 Å². The maximum atomic E-state index is 13.2. The molecule has 0 saturated carbocycles. The highest BCUT2D eigenvalue weighted by Crippen LogP contribution is 2.33. The van der Waals surface area contributed by atoms with E-state index < -0.39 is 124 Å². The van der Waals surface area contributed by atoms with Crippen LogP contribution in [0.4, 0.5) is 0 Å². The molecule has 0 aliphatic carbocycles. The lowest BCUT2D eigenvalue weighted by Crippen LogP contribution is -2.66. The summed E-state index contributed by atoms with van der Waals surface area (Å²) in [7, 11) is 0. The Labute approximate surface area is 441 Å². The number of hydrogen-bond acceptors (Lipinski definition) is 18. The SMILES string of the molecule is CCCCCCCC/C=C/C(O)C(COC1OC(CO)C(OC2OC(CO)C(OC3OC(CO)C(O)C(O)C3O)C(O)C2O)C(O)C1O)NC(=O)CCCCCCCCCCC/C=C\CCCCCCCCCC. The van der Waals surface area contributed by atoms with Crippen molar-refractivity contribution >= 4 is 5.91 Å². The van der Waals surface area contributed by atoms with Gasteiger partial charge in [0.1, 0.15) is 73.2 Å². The Morgan fingerprint density at radius 1 is 0.473 bits per heavy atom. The van der Waals surface area contributed by atoms with Crippen LogP contribution < -0.4 is 5.32 Å². The van der Waals surface area contributed by atoms with Crippen molar-refractivity contribution in [3.63, 3.8) is 0 Å². The van der Waals surface area contributed by atoms with Crippen LogP contribution in [0.1, 0.15) is 187 Å². The van der Waals surface area contributed by atoms with Crippen molar-refractivity contribution in [2.75, 3.05) is 26.4 Å². The van der Waals surface area contributed by atoms with Crippen LogP contribution in [0.3, 0.4) is 0 Å². The van der Waals surface area contributed by atoms with E-state index in [2.05, 4.69) is 31.3 Å². The molecule has 17 unspecified atom stereocenters. The van der Waals surface area contributed by atoms with Crippen LogP contribution in [0, 0.1) is 0 Å². The van der Waals surface area contributed by atoms with Crippen molar-refractivity contribution in [3.8, 4) is 0 Å². The topological polar surface area (TPSA) is 307 Å². The summed E-state index contributed by atoms with van der Waals surface area (Å²) in [6.45, 7) is 1.65. The summed E-state index contributed by atoms with van der Waals surface area (Å²) in [5, 5.41) is 120. The zero-order valence-electron chi connectivity index (χ0n) is 44.8. The van der Waals surface area contributed by atoms with Crippen LogP contribution in [0.2, 0.25) is 0 Å². The minimum atomic E-state index is -1.97. The van der Waals surface area contributed by atoms with E-state index in [0.717, 1.165) is 57.8 Å². The molecule has 3 aliphatic heterocycles. The third-order valence-electron chi connectivity index (χ3n) is 14.5. The molecule has 3 fully saturated rings. The summed E-state index contributed by atoms with van der Waals surface area (Å²) in [4.78, 5) is 13.2. The first-order valence-corrected chi connectivity index (χ1v) is 28.6. The first-order chi connectivity index (χ1) is 35.8. The third-order valence-corrected chi connectivity index (χ3v) is 14.5. The Hall–Kier alpha value is -1.73. The van der Waals surface area contributed by atoms with E-state index in [1.54, 1.807) is 6.08 Å². The number of nitrogens with one attached hydrogen (secondary N) is 1. The summed E-state index contributed by atoms with van der Waals surface area (Å²) < 4.78 is 34.1. The third kappa shape index (κ3) is 24.1. The molecule has 3 rings (SSSR count). The van der Waals surface area contributed by atoms with E-state index in [1.807, 2.05) is 6.08 Å². The highest BCUT2D eigenvalue weighted by atomic mass is 16.8. The Morgan fingerprint density at radius 2 is 0.851 bits per heavy atom. The van der Waals surface area contributed by atoms with Gasteiger partial charge >= 0.3 is 0 Å². The number of rotatable bonds is 41. The fourth-order valence-corrected chi connectivity index (χ4v) is 9.71. The van der Waals surface area contributed by atoms with E-state index in [9.17, 15) is 61.0 Å². The van der Waals surface area contributed by atoms with Crippen molar-refractivity contribution in [2.24, 2.45) is 0 Å². The van der Waals surface area contributed by atoms with Gasteiger partial charge in [-0.05, 0) is 44.9 Å². The molecule has 0 bridgehead atoms. The van der Waals surface area contributed by atoms with Crippen LogP contribution in [0.25, 0.3) is 0 Å². The molecule has 3 aliphatic rings. The monoisotopic (exact) mass is 1060 g/mol. The van der Waals surface area contributed by atoms with Crippen molar-refractivity contribution in [1.82, 2.24) is 5.32 Å². The van der Waals surface area contributed by atoms with Gasteiger partial charge in [-0.1, -0.05) is 160 Å². The molecule has 0 spiro atoms. The number of allylic oxidation sites excluding steroid dienone is 3. The number of aliphatic hydroxyl groups is 11. The lowest BCUT2D eigenvalue weighted by atomic mass is 9.96. The Kier molecular flexibility index (Phi) is 35.6. The number of carbonyl (C=O) groups excluding carboxylic acids is 1. The summed E-state index contributed by atoms with van der Waals surface area (Å²) in [5.74, 6) is -0.282. The lowest BCUT2D eigenvalue weighted by Gasteiger charge is -2.48. The first-order valence-electron chi connectivity index (χ1n) is 28.6. The maximum Gasteiger partial charge on any atom is 0.220 e. The van der Waals surface area contributed by atoms with Crippen LogP contribution in [0.5, 0.6) is 0 Å². The number of aliphatic hydroxyl groups excluding tert-OH is 11. The van der Waals surface area contributed by atoms with Gasteiger partial charge in [-0.3, -0.25) is 4.79 Å². The van der Waals surface area contributed by atoms with Gasteiger partial charge in [-0.15, -0.1) is 0 Å². The fourth-order valence-electron chi connectivity index (χ4n) is 9.71. The van der Waals surface area contributed by atoms with E-state index >= 15 is 0 Å². The molecular weight excluding hydrogens is 963 g/mol. The zero-order chi connectivity index (χ0) is 54.1. The minimum Gasteiger partial charge on any atom is -0.394 e. The Bertz CT molecular complexity index is 1460. The van der Waals surface area contributed by atoms with E-state index in [1.165, 1.54) is 103 Å². The smallest absolute Gasteiger partial charge is 0.220 e. The van der Waals surface area contributed by atoms with Gasteiger partial charge in [-0.2, -0.15) is 0 Å². The molecule has 0 aromatic rings. The van der Waals surface area contributed by atoms with E-state index in [4.69, 9.17) is 28.4 Å². The van der Waals surface area contributed by atoms with Gasteiger partial charge in [-0.25, -0.2) is 0 Å². The molecule has 3 saturated heterocycles. The molecular formula is C55H101NO18. The molecule has 19 nitrogen and oxygen atoms in total. The Morgan fingerprint density at radius 3 is 1.31 bits per heavy atom. The zero-order valence-corrected chi connectivity index (χ0v) is 44.8. The predicted octanol–water partition coefficient (Wildman–Crippen LogP) is 3.98. The highest BCUT2D eigenvalue weighted by Gasteiger charge is 2.53. The standard InChI is InChI=1S/C55H101NO18/c1-3-5-7-9-11-13-14-15-16-17-18-19-20-21-22-23-24-25-27-29-31-33-43(61)56-38(39(60)32-30-28-26-12-10-8-6-4-2)37-69-53-49(67)46(64)51(41(35-58)71-53)74-55-50(68)47(65)52(42(36-59)72-55)73-54-48(66)45(63)44(62)40(34-57)70-54/h17-18,30,32,38-42,44-55,57-60,62-68H,3-16,19-29,31,33-37H2,1-2H3,(H,56,61)/b18-17-,32-30+. The normalized spacial score (nSPS) is 31.6. The van der Waals surface area contributed by atoms with Crippen molar-refractivity contribution in [1.29, 1.82) is 0 Å². The molecule has 74 heavy (non-hydrogen) atoms. The van der Waals surface area contributed by atoms with Crippen LogP contribution in [-0.2, 0) is 33.2 Å². The number of carbonyl (C=O) groups is 1. The largest absolute Gasteiger partial charge is 0.394 e. The highest BCUT2D eigenvalue weighted by molar-refractivity contribution is 5.76. The quantitative estimate of drug-likeness (QED) is 0.0304. The first kappa shape index (κ1) is 66.5. The number of unbranched alkanes of at least 4 members (excludes halogenated alkanes) is 23. The molecule has 12 N–H and O–H groups in total. The average molecular weight is 1060 g/mol. The van der Waals surface area contributed by atoms with Gasteiger partial charge < -0.3 is 89.9 Å². The average Bonchev–Trinajstić information content (AvgIpc) is 3.40. The molecule has 17 atom stereocenters. The lowest BCUT2D eigenvalue weighted by molar-refractivity contribution is -0.379. The second kappa shape index (κ2) is 39.6. The summed E-state index contributed by atoms with van der Waals surface area (Å²) in [5.41, 5.74) is 0. The number of amides is 1. The van der Waals surface area contributed by atoms with Crippen molar-refractivity contribution in [3.05, 3.63) is 24.3 Å². The molecule has 0 aromatic heterocycles. The second-order valence-corrected chi connectivity index (χ2v) is 20.8. The van der Waals surface area contributed by atoms with Crippen molar-refractivity contribution < 1.29 is 89.4 Å². The van der Waals surface area contributed by atoms with Gasteiger partial charge in [0.25, 0.3) is 0 Å². The Balaban J connectivity index is 1.46. The summed E-state index contributed by atoms with van der Waals surface area (Å²) >= 11 is 0. The molecule has 3 heterocycles. The molecule has 434 valence electrons. The van der Waals surface area contributed by atoms with E-state index in [0.29, 0.717) is 6.42 Å². The van der Waals surface area contributed by atoms with Gasteiger partial charge in [0.2, 0.25) is 5.91 Å². The summed E-state index contributed by atoms with van der Waals surface area (Å²) in [6.07, 6.45) is 12.0. The van der Waals surface area contributed by atoms with Crippen molar-refractivity contribution in [2.45, 2.75) is 291 Å². The summed E-state index contributed by atoms with van der Waals surface area (Å²) in [6, 6.07) is -0.968. The van der Waals surface area contributed by atoms with E-state index in [-0.39, 0.29) is 18.9 Å². The van der Waals surface area contributed by atoms with Crippen LogP contribution in [0.15, 0.2) is 24.3 Å². The van der Waals surface area contributed by atoms with Gasteiger partial charge in [0.15, 0.2) is 18.9 Å². The van der Waals surface area contributed by atoms with Gasteiger partial charge in [0.05, 0.1) is 38.6 Å². The molecule has 0 radical (unpaired) electrons. The number of ether oxygens (including phenoxy) is 6. The van der Waals surface area contributed by atoms with Crippen LogP contribution in [-0.4, -0.2) is 193 Å². The maximum absolute atomic E-state index is 13.2. The number of hydrogen-bond donors (Lipinski definition) is 12. The van der Waals surface area contributed by atoms with Gasteiger partial charge in [0, 0.05) is 6.42 Å². The second-order valence-electron chi connectivity index (χ2n) is 20.8. The fraction of sp³-hybridized carbons (Fsp3) is 0.909. The molecule has 0 aromatic carbocycles. The predicted molar refractivity (Wildman–Crippen MR) is 277 cm³/mol. The molecule has 1 amide bonds. The molecule has 19 heteroatoms. The minimum absolute atomic E-state index is 0.242.